The number of hydrogen-bond donors (Lipinski definition) is 0. The number of carbonyl (C=O) groups is 4. The van der Waals surface area contributed by atoms with Crippen LogP contribution in [0.15, 0.2) is 18.2 Å². The minimum atomic E-state index is -1.58. The highest BCUT2D eigenvalue weighted by molar-refractivity contribution is 6.28. The van der Waals surface area contributed by atoms with E-state index in [0.717, 1.165) is 11.3 Å². The number of amides is 4. The molecule has 9 nitrogen and oxygen atoms in total. The number of rotatable bonds is 7. The maximum absolute atomic E-state index is 13.5. The van der Waals surface area contributed by atoms with E-state index in [1.807, 2.05) is 0 Å². The third kappa shape index (κ3) is 2.96. The van der Waals surface area contributed by atoms with Gasteiger partial charge in [0.25, 0.3) is 0 Å². The Morgan fingerprint density at radius 1 is 0.967 bits per heavy atom. The number of carbonyl (C=O) groups excluding carboxylic acids is 4. The van der Waals surface area contributed by atoms with Crippen molar-refractivity contribution in [1.82, 2.24) is 9.80 Å². The van der Waals surface area contributed by atoms with Gasteiger partial charge in [-0.1, -0.05) is 0 Å². The second kappa shape index (κ2) is 7.71. The van der Waals surface area contributed by atoms with Gasteiger partial charge in [0.05, 0.1) is 20.1 Å². The van der Waals surface area contributed by atoms with Gasteiger partial charge < -0.3 is 19.3 Å². The van der Waals surface area contributed by atoms with Crippen molar-refractivity contribution >= 4 is 29.3 Å². The second-order valence-corrected chi connectivity index (χ2v) is 7.75. The van der Waals surface area contributed by atoms with E-state index in [-0.39, 0.29) is 25.4 Å². The van der Waals surface area contributed by atoms with Crippen molar-refractivity contribution in [3.63, 3.8) is 0 Å². The van der Waals surface area contributed by atoms with E-state index in [4.69, 9.17) is 9.47 Å². The molecule has 0 aliphatic carbocycles. The second-order valence-electron chi connectivity index (χ2n) is 7.75. The smallest absolute Gasteiger partial charge is 0.250 e. The van der Waals surface area contributed by atoms with Crippen LogP contribution in [-0.2, 0) is 29.3 Å². The minimum absolute atomic E-state index is 0.0292. The standard InChI is InChI=1S/C21H25N3O6/c1-29-11-10-23-16-6-5-14(30-2)12-15(16)21(19(23)27)13-18(26)24(20(21)28)9-8-22-7-3-4-17(22)25/h5-6,12H,3-4,7-11,13H2,1-2H3. The quantitative estimate of drug-likeness (QED) is 0.470. The topological polar surface area (TPSA) is 96.5 Å². The fourth-order valence-electron chi connectivity index (χ4n) is 4.59. The Morgan fingerprint density at radius 3 is 2.40 bits per heavy atom. The van der Waals surface area contributed by atoms with E-state index < -0.39 is 23.1 Å². The fourth-order valence-corrected chi connectivity index (χ4v) is 4.59. The lowest BCUT2D eigenvalue weighted by Crippen LogP contribution is -2.48. The van der Waals surface area contributed by atoms with Crippen LogP contribution >= 0.6 is 0 Å². The lowest BCUT2D eigenvalue weighted by Gasteiger charge is -2.24. The lowest BCUT2D eigenvalue weighted by molar-refractivity contribution is -0.142. The van der Waals surface area contributed by atoms with Crippen LogP contribution in [0.2, 0.25) is 0 Å². The Hall–Kier alpha value is -2.94. The minimum Gasteiger partial charge on any atom is -0.497 e. The van der Waals surface area contributed by atoms with Crippen molar-refractivity contribution in [3.05, 3.63) is 23.8 Å². The van der Waals surface area contributed by atoms with E-state index in [2.05, 4.69) is 0 Å². The molecule has 2 saturated heterocycles. The summed E-state index contributed by atoms with van der Waals surface area (Å²) in [5.74, 6) is -0.806. The first-order chi connectivity index (χ1) is 14.4. The third-order valence-corrected chi connectivity index (χ3v) is 6.18. The Kier molecular flexibility index (Phi) is 5.23. The van der Waals surface area contributed by atoms with E-state index >= 15 is 0 Å². The number of hydrogen-bond acceptors (Lipinski definition) is 6. The Morgan fingerprint density at radius 2 is 1.73 bits per heavy atom. The fraction of sp³-hybridized carbons (Fsp3) is 0.524. The summed E-state index contributed by atoms with van der Waals surface area (Å²) in [4.78, 5) is 56.0. The van der Waals surface area contributed by atoms with Gasteiger partial charge in [-0.25, -0.2) is 0 Å². The molecule has 30 heavy (non-hydrogen) atoms. The first kappa shape index (κ1) is 20.3. The van der Waals surface area contributed by atoms with Crippen LogP contribution in [0.5, 0.6) is 5.75 Å². The van der Waals surface area contributed by atoms with Crippen molar-refractivity contribution in [3.8, 4) is 5.75 Å². The van der Waals surface area contributed by atoms with Crippen molar-refractivity contribution < 1.29 is 28.7 Å². The monoisotopic (exact) mass is 415 g/mol. The van der Waals surface area contributed by atoms with Crippen LogP contribution in [0, 0.1) is 0 Å². The van der Waals surface area contributed by atoms with E-state index in [9.17, 15) is 19.2 Å². The summed E-state index contributed by atoms with van der Waals surface area (Å²) in [5.41, 5.74) is -0.499. The van der Waals surface area contributed by atoms with E-state index in [1.54, 1.807) is 23.1 Å². The molecule has 4 rings (SSSR count). The maximum atomic E-state index is 13.5. The molecule has 0 radical (unpaired) electrons. The molecule has 1 aromatic carbocycles. The molecule has 0 aromatic heterocycles. The highest BCUT2D eigenvalue weighted by Gasteiger charge is 2.63. The van der Waals surface area contributed by atoms with Gasteiger partial charge in [-0.3, -0.25) is 24.1 Å². The average molecular weight is 415 g/mol. The Balaban J connectivity index is 1.67. The first-order valence-corrected chi connectivity index (χ1v) is 10.1. The van der Waals surface area contributed by atoms with Gasteiger partial charge in [0.2, 0.25) is 23.6 Å². The number of fused-ring (bicyclic) bond motifs is 2. The molecule has 9 heteroatoms. The molecule has 0 N–H and O–H groups in total. The summed E-state index contributed by atoms with van der Waals surface area (Å²) in [7, 11) is 3.05. The molecular weight excluding hydrogens is 390 g/mol. The van der Waals surface area contributed by atoms with E-state index in [0.29, 0.717) is 43.1 Å². The highest BCUT2D eigenvalue weighted by atomic mass is 16.5. The number of imide groups is 1. The van der Waals surface area contributed by atoms with Gasteiger partial charge in [0.1, 0.15) is 5.75 Å². The number of likely N-dealkylation sites (tertiary alicyclic amines) is 2. The summed E-state index contributed by atoms with van der Waals surface area (Å²) in [6.45, 7) is 1.59. The van der Waals surface area contributed by atoms with Gasteiger partial charge in [-0.05, 0) is 24.6 Å². The SMILES string of the molecule is COCCN1C(=O)C2(CC(=O)N(CCN3CCCC3=O)C2=O)c2cc(OC)ccc21. The number of methoxy groups -OCH3 is 2. The van der Waals surface area contributed by atoms with Crippen LogP contribution < -0.4 is 9.64 Å². The van der Waals surface area contributed by atoms with Crippen molar-refractivity contribution in [2.75, 3.05) is 51.9 Å². The predicted molar refractivity (Wildman–Crippen MR) is 106 cm³/mol. The van der Waals surface area contributed by atoms with Crippen LogP contribution in [0.4, 0.5) is 5.69 Å². The van der Waals surface area contributed by atoms with Gasteiger partial charge in [-0.2, -0.15) is 0 Å². The van der Waals surface area contributed by atoms with Crippen molar-refractivity contribution in [2.24, 2.45) is 0 Å². The van der Waals surface area contributed by atoms with Gasteiger partial charge in [0, 0.05) is 51.0 Å². The maximum Gasteiger partial charge on any atom is 0.250 e. The summed E-state index contributed by atoms with van der Waals surface area (Å²) in [5, 5.41) is 0. The van der Waals surface area contributed by atoms with Crippen molar-refractivity contribution in [1.29, 1.82) is 0 Å². The molecule has 160 valence electrons. The molecule has 0 bridgehead atoms. The lowest BCUT2D eigenvalue weighted by atomic mass is 9.80. The molecule has 2 fully saturated rings. The first-order valence-electron chi connectivity index (χ1n) is 10.1. The zero-order valence-corrected chi connectivity index (χ0v) is 17.2. The molecule has 3 aliphatic heterocycles. The summed E-state index contributed by atoms with van der Waals surface area (Å²) in [6.07, 6.45) is 1.05. The third-order valence-electron chi connectivity index (χ3n) is 6.18. The molecule has 1 spiro atoms. The Labute approximate surface area is 174 Å². The van der Waals surface area contributed by atoms with Crippen LogP contribution in [-0.4, -0.2) is 80.4 Å². The summed E-state index contributed by atoms with van der Waals surface area (Å²) in [6, 6.07) is 5.13. The molecule has 4 amide bonds. The molecule has 0 saturated carbocycles. The average Bonchev–Trinajstić information content (AvgIpc) is 3.34. The van der Waals surface area contributed by atoms with Gasteiger partial charge >= 0.3 is 0 Å². The van der Waals surface area contributed by atoms with Gasteiger partial charge in [0.15, 0.2) is 5.41 Å². The summed E-state index contributed by atoms with van der Waals surface area (Å²) < 4.78 is 10.4. The number of nitrogens with zero attached hydrogens (tertiary/aromatic N) is 3. The normalized spacial score (nSPS) is 23.3. The Bertz CT molecular complexity index is 916. The molecule has 3 heterocycles. The zero-order valence-electron chi connectivity index (χ0n) is 17.2. The molecule has 3 aliphatic rings. The zero-order chi connectivity index (χ0) is 21.5. The van der Waals surface area contributed by atoms with Crippen LogP contribution in [0.25, 0.3) is 0 Å². The number of benzene rings is 1. The highest BCUT2D eigenvalue weighted by Crippen LogP contribution is 2.49. The summed E-state index contributed by atoms with van der Waals surface area (Å²) >= 11 is 0. The number of ether oxygens (including phenoxy) is 2. The molecular formula is C21H25N3O6. The largest absolute Gasteiger partial charge is 0.497 e. The predicted octanol–water partition coefficient (Wildman–Crippen LogP) is 0.307. The molecule has 1 unspecified atom stereocenters. The van der Waals surface area contributed by atoms with Gasteiger partial charge in [-0.15, -0.1) is 0 Å². The van der Waals surface area contributed by atoms with Crippen LogP contribution in [0.1, 0.15) is 24.8 Å². The van der Waals surface area contributed by atoms with Crippen LogP contribution in [0.3, 0.4) is 0 Å². The number of anilines is 1. The molecule has 1 atom stereocenters. The van der Waals surface area contributed by atoms with Crippen molar-refractivity contribution in [2.45, 2.75) is 24.7 Å². The molecule has 1 aromatic rings. The van der Waals surface area contributed by atoms with E-state index in [1.165, 1.54) is 19.1 Å².